The minimum absolute atomic E-state index is 0.333. The Hall–Kier alpha value is -1.14. The molecule has 0 saturated heterocycles. The van der Waals surface area contributed by atoms with E-state index in [1.165, 1.54) is 22.7 Å². The molecule has 0 aliphatic rings. The second-order valence-electron chi connectivity index (χ2n) is 2.89. The van der Waals surface area contributed by atoms with E-state index in [0.717, 1.165) is 11.7 Å². The molecule has 0 atom stereocenters. The number of rotatable bonds is 3. The van der Waals surface area contributed by atoms with Gasteiger partial charge < -0.3 is 11.1 Å². The van der Waals surface area contributed by atoms with E-state index < -0.39 is 0 Å². The Bertz CT molecular complexity index is 420. The number of hydrogen-bond acceptors (Lipinski definition) is 6. The molecule has 0 bridgehead atoms. The molecule has 0 aromatic carbocycles. The van der Waals surface area contributed by atoms with Crippen LogP contribution < -0.4 is 11.1 Å². The van der Waals surface area contributed by atoms with Gasteiger partial charge in [0.05, 0.1) is 0 Å². The Balaban J connectivity index is 1.98. The molecule has 0 fully saturated rings. The van der Waals surface area contributed by atoms with E-state index in [4.69, 9.17) is 5.73 Å². The van der Waals surface area contributed by atoms with Crippen LogP contribution in [0.25, 0.3) is 0 Å². The summed E-state index contributed by atoms with van der Waals surface area (Å²) in [5.74, 6) is 0.333. The zero-order chi connectivity index (χ0) is 9.97. The Labute approximate surface area is 90.0 Å². The van der Waals surface area contributed by atoms with Gasteiger partial charge in [0, 0.05) is 18.1 Å². The first-order valence-corrected chi connectivity index (χ1v) is 5.82. The van der Waals surface area contributed by atoms with Crippen LogP contribution in [0.5, 0.6) is 0 Å². The summed E-state index contributed by atoms with van der Waals surface area (Å²) in [6.45, 7) is 2.88. The second kappa shape index (κ2) is 3.93. The summed E-state index contributed by atoms with van der Waals surface area (Å²) >= 11 is 2.99. The minimum atomic E-state index is 0.333. The number of aryl methyl sites for hydroxylation is 1. The summed E-state index contributed by atoms with van der Waals surface area (Å²) in [6, 6.07) is 0. The number of nitrogens with one attached hydrogen (secondary N) is 1. The lowest BCUT2D eigenvalue weighted by molar-refractivity contribution is 1.12. The van der Waals surface area contributed by atoms with Crippen LogP contribution in [0.1, 0.15) is 11.1 Å². The third-order valence-corrected chi connectivity index (χ3v) is 3.43. The fourth-order valence-electron chi connectivity index (χ4n) is 1.05. The highest BCUT2D eigenvalue weighted by Gasteiger charge is 2.02. The maximum Gasteiger partial charge on any atom is 0.233 e. The highest BCUT2D eigenvalue weighted by Crippen LogP contribution is 2.17. The van der Waals surface area contributed by atoms with Crippen LogP contribution in [0.4, 0.5) is 11.1 Å². The average Bonchev–Trinajstić information content (AvgIpc) is 2.72. The Kier molecular flexibility index (Phi) is 2.64. The predicted molar refractivity (Wildman–Crippen MR) is 60.7 cm³/mol. The molecule has 6 heteroatoms. The van der Waals surface area contributed by atoms with Gasteiger partial charge in [-0.15, -0.1) is 0 Å². The monoisotopic (exact) mass is 226 g/mol. The lowest BCUT2D eigenvalue weighted by atomic mass is 10.2. The molecule has 0 amide bonds. The van der Waals surface area contributed by atoms with Gasteiger partial charge in [0.1, 0.15) is 0 Å². The summed E-state index contributed by atoms with van der Waals surface area (Å²) in [5.41, 5.74) is 8.01. The van der Waals surface area contributed by atoms with E-state index >= 15 is 0 Å². The van der Waals surface area contributed by atoms with Gasteiger partial charge in [-0.25, -0.2) is 0 Å². The molecule has 2 heterocycles. The van der Waals surface area contributed by atoms with Crippen molar-refractivity contribution in [2.24, 2.45) is 0 Å². The Morgan fingerprint density at radius 2 is 2.36 bits per heavy atom. The standard InChI is InChI=1S/C8H10N4S2/c1-5-3-13-4-6(5)2-10-8-11-7(9)12-14-8/h3-4H,2H2,1H3,(H3,9,10,11,12). The van der Waals surface area contributed by atoms with Gasteiger partial charge in [0.2, 0.25) is 11.1 Å². The van der Waals surface area contributed by atoms with E-state index in [0.29, 0.717) is 5.95 Å². The minimum Gasteiger partial charge on any atom is -0.367 e. The quantitative estimate of drug-likeness (QED) is 0.841. The van der Waals surface area contributed by atoms with E-state index in [-0.39, 0.29) is 0 Å². The fourth-order valence-corrected chi connectivity index (χ4v) is 2.39. The fraction of sp³-hybridized carbons (Fsp3) is 0.250. The van der Waals surface area contributed by atoms with E-state index in [1.54, 1.807) is 11.3 Å². The molecule has 0 unspecified atom stereocenters. The topological polar surface area (TPSA) is 63.8 Å². The van der Waals surface area contributed by atoms with Crippen molar-refractivity contribution in [2.45, 2.75) is 13.5 Å². The van der Waals surface area contributed by atoms with E-state index in [2.05, 4.69) is 32.4 Å². The van der Waals surface area contributed by atoms with Crippen LogP contribution in [0.3, 0.4) is 0 Å². The van der Waals surface area contributed by atoms with E-state index in [1.807, 2.05) is 0 Å². The molecule has 0 radical (unpaired) electrons. The van der Waals surface area contributed by atoms with Crippen LogP contribution in [0, 0.1) is 6.92 Å². The Morgan fingerprint density at radius 1 is 1.50 bits per heavy atom. The van der Waals surface area contributed by atoms with Crippen molar-refractivity contribution in [1.82, 2.24) is 9.36 Å². The number of thiophene rings is 1. The first-order chi connectivity index (χ1) is 6.75. The lowest BCUT2D eigenvalue weighted by Gasteiger charge is -2.00. The summed E-state index contributed by atoms with van der Waals surface area (Å²) < 4.78 is 3.89. The smallest absolute Gasteiger partial charge is 0.233 e. The number of aromatic nitrogens is 2. The lowest BCUT2D eigenvalue weighted by Crippen LogP contribution is -1.99. The number of nitrogens with two attached hydrogens (primary N) is 1. The molecule has 2 aromatic heterocycles. The molecule has 0 saturated carbocycles. The zero-order valence-corrected chi connectivity index (χ0v) is 9.28. The SMILES string of the molecule is Cc1cscc1CNc1nc(N)ns1. The van der Waals surface area contributed by atoms with Crippen LogP contribution in [-0.4, -0.2) is 9.36 Å². The summed E-state index contributed by atoms with van der Waals surface area (Å²) in [6.07, 6.45) is 0. The number of nitrogens with zero attached hydrogens (tertiary/aromatic N) is 2. The molecule has 2 rings (SSSR count). The molecular formula is C8H10N4S2. The first kappa shape index (κ1) is 9.42. The zero-order valence-electron chi connectivity index (χ0n) is 7.65. The van der Waals surface area contributed by atoms with Crippen LogP contribution >= 0.6 is 22.9 Å². The van der Waals surface area contributed by atoms with Crippen LogP contribution in [0.15, 0.2) is 10.8 Å². The summed E-state index contributed by atoms with van der Waals surface area (Å²) in [7, 11) is 0. The number of anilines is 2. The van der Waals surface area contributed by atoms with Gasteiger partial charge in [0.15, 0.2) is 0 Å². The molecular weight excluding hydrogens is 216 g/mol. The third-order valence-electron chi connectivity index (χ3n) is 1.83. The molecule has 4 nitrogen and oxygen atoms in total. The van der Waals surface area contributed by atoms with Crippen molar-refractivity contribution in [3.8, 4) is 0 Å². The van der Waals surface area contributed by atoms with Gasteiger partial charge in [-0.3, -0.25) is 0 Å². The molecule has 0 aliphatic heterocycles. The van der Waals surface area contributed by atoms with Gasteiger partial charge >= 0.3 is 0 Å². The van der Waals surface area contributed by atoms with Crippen molar-refractivity contribution < 1.29 is 0 Å². The summed E-state index contributed by atoms with van der Waals surface area (Å²) in [5, 5.41) is 8.21. The molecule has 0 spiro atoms. The molecule has 2 aromatic rings. The largest absolute Gasteiger partial charge is 0.367 e. The molecule has 14 heavy (non-hydrogen) atoms. The highest BCUT2D eigenvalue weighted by atomic mass is 32.1. The maximum atomic E-state index is 5.41. The highest BCUT2D eigenvalue weighted by molar-refractivity contribution is 7.09. The van der Waals surface area contributed by atoms with Gasteiger partial charge in [-0.05, 0) is 28.8 Å². The van der Waals surface area contributed by atoms with Crippen LogP contribution in [-0.2, 0) is 6.54 Å². The number of hydrogen-bond donors (Lipinski definition) is 2. The van der Waals surface area contributed by atoms with Gasteiger partial charge in [0.25, 0.3) is 0 Å². The average molecular weight is 226 g/mol. The third kappa shape index (κ3) is 2.02. The van der Waals surface area contributed by atoms with Crippen LogP contribution in [0.2, 0.25) is 0 Å². The van der Waals surface area contributed by atoms with Gasteiger partial charge in [-0.2, -0.15) is 20.7 Å². The molecule has 74 valence electrons. The normalized spacial score (nSPS) is 10.4. The second-order valence-corrected chi connectivity index (χ2v) is 4.39. The van der Waals surface area contributed by atoms with Crippen molar-refractivity contribution in [3.63, 3.8) is 0 Å². The van der Waals surface area contributed by atoms with Crippen molar-refractivity contribution in [2.75, 3.05) is 11.1 Å². The first-order valence-electron chi connectivity index (χ1n) is 4.10. The summed E-state index contributed by atoms with van der Waals surface area (Å²) in [4.78, 5) is 4.02. The van der Waals surface area contributed by atoms with Crippen molar-refractivity contribution in [1.29, 1.82) is 0 Å². The predicted octanol–water partition coefficient (Wildman–Crippen LogP) is 2.10. The van der Waals surface area contributed by atoms with Crippen molar-refractivity contribution >= 4 is 33.9 Å². The Morgan fingerprint density at radius 3 is 2.93 bits per heavy atom. The van der Waals surface area contributed by atoms with E-state index in [9.17, 15) is 0 Å². The molecule has 3 N–H and O–H groups in total. The number of nitrogen functional groups attached to an aromatic ring is 1. The molecule has 0 aliphatic carbocycles. The van der Waals surface area contributed by atoms with Gasteiger partial charge in [-0.1, -0.05) is 0 Å². The van der Waals surface area contributed by atoms with Crippen molar-refractivity contribution in [3.05, 3.63) is 21.9 Å². The maximum absolute atomic E-state index is 5.41.